The van der Waals surface area contributed by atoms with Gasteiger partial charge in [0.2, 0.25) is 0 Å². The van der Waals surface area contributed by atoms with Gasteiger partial charge in [0.05, 0.1) is 11.6 Å². The first kappa shape index (κ1) is 16.1. The van der Waals surface area contributed by atoms with Gasteiger partial charge in [0.15, 0.2) is 0 Å². The van der Waals surface area contributed by atoms with Crippen molar-refractivity contribution in [2.45, 2.75) is 52.2 Å². The van der Waals surface area contributed by atoms with E-state index in [2.05, 4.69) is 5.32 Å². The molecule has 0 bridgehead atoms. The molecular weight excluding hydrogens is 288 g/mol. The second-order valence-electron chi connectivity index (χ2n) is 6.35. The number of urea groups is 1. The number of amides is 2. The predicted octanol–water partition coefficient (Wildman–Crippen LogP) is 3.72. The summed E-state index contributed by atoms with van der Waals surface area (Å²) in [5.41, 5.74) is 1.78. The van der Waals surface area contributed by atoms with Crippen LogP contribution in [0.1, 0.15) is 37.8 Å². The van der Waals surface area contributed by atoms with Gasteiger partial charge in [0.1, 0.15) is 0 Å². The summed E-state index contributed by atoms with van der Waals surface area (Å²) in [6.45, 7) is 8.02. The number of aliphatic hydroxyl groups is 1. The van der Waals surface area contributed by atoms with Crippen LogP contribution in [0.4, 0.5) is 10.5 Å². The Kier molecular flexibility index (Phi) is 4.49. The molecule has 4 nitrogen and oxygen atoms in total. The van der Waals surface area contributed by atoms with Crippen molar-refractivity contribution in [3.8, 4) is 0 Å². The van der Waals surface area contributed by atoms with Crippen LogP contribution in [0.15, 0.2) is 12.1 Å². The molecule has 1 aromatic carbocycles. The molecule has 5 heteroatoms. The van der Waals surface area contributed by atoms with E-state index in [0.717, 1.165) is 29.7 Å². The minimum Gasteiger partial charge on any atom is -0.388 e. The quantitative estimate of drug-likeness (QED) is 0.874. The molecule has 1 heterocycles. The van der Waals surface area contributed by atoms with Gasteiger partial charge in [0.25, 0.3) is 0 Å². The molecule has 2 N–H and O–H groups in total. The number of likely N-dealkylation sites (tertiary alicyclic amines) is 1. The maximum Gasteiger partial charge on any atom is 0.322 e. The van der Waals surface area contributed by atoms with Crippen LogP contribution in [0, 0.1) is 13.8 Å². The van der Waals surface area contributed by atoms with Crippen molar-refractivity contribution in [1.82, 2.24) is 4.90 Å². The molecule has 2 amide bonds. The monoisotopic (exact) mass is 310 g/mol. The van der Waals surface area contributed by atoms with E-state index in [1.54, 1.807) is 18.7 Å². The highest BCUT2D eigenvalue weighted by molar-refractivity contribution is 6.30. The SMILES string of the molecule is Cc1cc(Cl)cc(C)c1NC(=O)N1CCCC1C(C)(C)O. The second-order valence-corrected chi connectivity index (χ2v) is 6.79. The second kappa shape index (κ2) is 5.85. The van der Waals surface area contributed by atoms with Crippen molar-refractivity contribution >= 4 is 23.3 Å². The third-order valence-corrected chi connectivity index (χ3v) is 4.28. The molecule has 1 aliphatic heterocycles. The van der Waals surface area contributed by atoms with Gasteiger partial charge in [0, 0.05) is 17.3 Å². The minimum absolute atomic E-state index is 0.148. The van der Waals surface area contributed by atoms with Gasteiger partial charge < -0.3 is 15.3 Å². The normalized spacial score (nSPS) is 19.0. The van der Waals surface area contributed by atoms with E-state index in [1.807, 2.05) is 26.0 Å². The van der Waals surface area contributed by atoms with Crippen molar-refractivity contribution in [3.05, 3.63) is 28.3 Å². The molecule has 1 atom stereocenters. The molecule has 21 heavy (non-hydrogen) atoms. The van der Waals surface area contributed by atoms with Crippen LogP contribution in [-0.2, 0) is 0 Å². The Morgan fingerprint density at radius 3 is 2.48 bits per heavy atom. The van der Waals surface area contributed by atoms with Crippen molar-refractivity contribution in [2.24, 2.45) is 0 Å². The number of nitrogens with one attached hydrogen (secondary N) is 1. The highest BCUT2D eigenvalue weighted by Crippen LogP contribution is 2.29. The molecule has 0 aliphatic carbocycles. The van der Waals surface area contributed by atoms with E-state index < -0.39 is 5.60 Å². The Labute approximate surface area is 131 Å². The summed E-state index contributed by atoms with van der Waals surface area (Å²) in [4.78, 5) is 14.3. The number of carbonyl (C=O) groups is 1. The van der Waals surface area contributed by atoms with E-state index in [4.69, 9.17) is 11.6 Å². The van der Waals surface area contributed by atoms with Crippen LogP contribution < -0.4 is 5.32 Å². The van der Waals surface area contributed by atoms with Crippen molar-refractivity contribution in [2.75, 3.05) is 11.9 Å². The average molecular weight is 311 g/mol. The number of nitrogens with zero attached hydrogens (tertiary/aromatic N) is 1. The van der Waals surface area contributed by atoms with Gasteiger partial charge in [-0.05, 0) is 63.8 Å². The van der Waals surface area contributed by atoms with E-state index in [0.29, 0.717) is 11.6 Å². The Bertz CT molecular complexity index is 529. The molecule has 1 unspecified atom stereocenters. The third kappa shape index (κ3) is 3.50. The number of rotatable bonds is 2. The first-order valence-electron chi connectivity index (χ1n) is 7.27. The van der Waals surface area contributed by atoms with Crippen LogP contribution in [0.25, 0.3) is 0 Å². The number of hydrogen-bond acceptors (Lipinski definition) is 2. The van der Waals surface area contributed by atoms with Crippen LogP contribution in [0.3, 0.4) is 0 Å². The van der Waals surface area contributed by atoms with Crippen LogP contribution in [-0.4, -0.2) is 34.2 Å². The maximum atomic E-state index is 12.5. The van der Waals surface area contributed by atoms with Gasteiger partial charge in [-0.3, -0.25) is 0 Å². The van der Waals surface area contributed by atoms with Crippen LogP contribution in [0.5, 0.6) is 0 Å². The van der Waals surface area contributed by atoms with Gasteiger partial charge >= 0.3 is 6.03 Å². The van der Waals surface area contributed by atoms with E-state index in [-0.39, 0.29) is 12.1 Å². The van der Waals surface area contributed by atoms with Crippen molar-refractivity contribution < 1.29 is 9.90 Å². The summed E-state index contributed by atoms with van der Waals surface area (Å²) in [5, 5.41) is 13.8. The lowest BCUT2D eigenvalue weighted by atomic mass is 9.97. The summed E-state index contributed by atoms with van der Waals surface area (Å²) >= 11 is 6.01. The number of aryl methyl sites for hydroxylation is 2. The van der Waals surface area contributed by atoms with Crippen molar-refractivity contribution in [3.63, 3.8) is 0 Å². The molecule has 0 aromatic heterocycles. The zero-order valence-corrected chi connectivity index (χ0v) is 13.8. The number of carbonyl (C=O) groups excluding carboxylic acids is 1. The average Bonchev–Trinajstić information content (AvgIpc) is 2.82. The van der Waals surface area contributed by atoms with E-state index in [1.165, 1.54) is 0 Å². The topological polar surface area (TPSA) is 52.6 Å². The summed E-state index contributed by atoms with van der Waals surface area (Å²) < 4.78 is 0. The van der Waals surface area contributed by atoms with Crippen LogP contribution in [0.2, 0.25) is 5.02 Å². The highest BCUT2D eigenvalue weighted by Gasteiger charge is 2.38. The summed E-state index contributed by atoms with van der Waals surface area (Å²) in [6, 6.07) is 3.36. The van der Waals surface area contributed by atoms with E-state index in [9.17, 15) is 9.90 Å². The highest BCUT2D eigenvalue weighted by atomic mass is 35.5. The zero-order chi connectivity index (χ0) is 15.8. The van der Waals surface area contributed by atoms with Gasteiger partial charge in [-0.25, -0.2) is 4.79 Å². The van der Waals surface area contributed by atoms with Gasteiger partial charge in [-0.15, -0.1) is 0 Å². The predicted molar refractivity (Wildman–Crippen MR) is 86.0 cm³/mol. The zero-order valence-electron chi connectivity index (χ0n) is 13.0. The molecule has 0 spiro atoms. The molecule has 1 fully saturated rings. The molecule has 1 saturated heterocycles. The fraction of sp³-hybridized carbons (Fsp3) is 0.562. The van der Waals surface area contributed by atoms with Gasteiger partial charge in [-0.1, -0.05) is 11.6 Å². The summed E-state index contributed by atoms with van der Waals surface area (Å²) in [6.07, 6.45) is 1.75. The maximum absolute atomic E-state index is 12.5. The van der Waals surface area contributed by atoms with Crippen molar-refractivity contribution in [1.29, 1.82) is 0 Å². The third-order valence-electron chi connectivity index (χ3n) is 4.06. The number of hydrogen-bond donors (Lipinski definition) is 2. The fourth-order valence-electron chi connectivity index (χ4n) is 3.03. The first-order chi connectivity index (χ1) is 9.70. The molecule has 0 saturated carbocycles. The number of anilines is 1. The lowest BCUT2D eigenvalue weighted by molar-refractivity contribution is 0.0117. The molecule has 116 valence electrons. The first-order valence-corrected chi connectivity index (χ1v) is 7.64. The number of benzene rings is 1. The Morgan fingerprint density at radius 2 is 1.95 bits per heavy atom. The fourth-order valence-corrected chi connectivity index (χ4v) is 3.36. The summed E-state index contributed by atoms with van der Waals surface area (Å²) in [5.74, 6) is 0. The lowest BCUT2D eigenvalue weighted by Crippen LogP contribution is -2.49. The molecule has 1 aliphatic rings. The minimum atomic E-state index is -0.891. The Balaban J connectivity index is 2.19. The molecule has 1 aromatic rings. The standard InChI is InChI=1S/C16H23ClN2O2/c1-10-8-12(17)9-11(2)14(10)18-15(20)19-7-5-6-13(19)16(3,4)21/h8-9,13,21H,5-7H2,1-4H3,(H,18,20). The summed E-state index contributed by atoms with van der Waals surface area (Å²) in [7, 11) is 0. The molecule has 0 radical (unpaired) electrons. The Hall–Kier alpha value is -1.26. The van der Waals surface area contributed by atoms with Crippen LogP contribution >= 0.6 is 11.6 Å². The van der Waals surface area contributed by atoms with E-state index >= 15 is 0 Å². The smallest absolute Gasteiger partial charge is 0.322 e. The van der Waals surface area contributed by atoms with Gasteiger partial charge in [-0.2, -0.15) is 0 Å². The lowest BCUT2D eigenvalue weighted by Gasteiger charge is -2.34. The number of halogens is 1. The molecule has 2 rings (SSSR count). The Morgan fingerprint density at radius 1 is 1.38 bits per heavy atom. The largest absolute Gasteiger partial charge is 0.388 e. The molecular formula is C16H23ClN2O2.